The van der Waals surface area contributed by atoms with E-state index >= 15 is 0 Å². The molecule has 2 aromatic rings. The summed E-state index contributed by atoms with van der Waals surface area (Å²) in [5.74, 6) is 0.148. The molecule has 0 fully saturated rings. The number of carbonyl (C=O) groups is 1. The van der Waals surface area contributed by atoms with Gasteiger partial charge in [-0.3, -0.25) is 10.1 Å². The van der Waals surface area contributed by atoms with Crippen LogP contribution in [-0.2, 0) is 6.54 Å². The summed E-state index contributed by atoms with van der Waals surface area (Å²) in [5, 5.41) is 3.55. The van der Waals surface area contributed by atoms with Crippen molar-refractivity contribution in [1.82, 2.24) is 10.2 Å². The molecule has 0 aromatic heterocycles. The number of carbonyl (C=O) groups excluding carboxylic acids is 1. The van der Waals surface area contributed by atoms with E-state index in [1.807, 2.05) is 41.3 Å². The second-order valence-electron chi connectivity index (χ2n) is 5.71. The first kappa shape index (κ1) is 14.8. The maximum Gasteiger partial charge on any atom is 0.255 e. The fourth-order valence-corrected chi connectivity index (χ4v) is 2.96. The Kier molecular flexibility index (Phi) is 4.54. The fraction of sp³-hybridized carbons (Fsp3) is 0.316. The van der Waals surface area contributed by atoms with Crippen molar-refractivity contribution in [3.05, 3.63) is 71.3 Å². The molecule has 0 saturated carbocycles. The third-order valence-electron chi connectivity index (χ3n) is 4.15. The number of hydrogen-bond donors (Lipinski definition) is 1. The van der Waals surface area contributed by atoms with Crippen LogP contribution >= 0.6 is 0 Å². The number of nitrogens with one attached hydrogen (secondary N) is 1. The Morgan fingerprint density at radius 2 is 1.77 bits per heavy atom. The molecule has 0 bridgehead atoms. The van der Waals surface area contributed by atoms with Crippen LogP contribution in [0.1, 0.15) is 47.4 Å². The second-order valence-corrected chi connectivity index (χ2v) is 5.71. The molecular formula is C19H22N2O. The van der Waals surface area contributed by atoms with Crippen LogP contribution in [0, 0.1) is 0 Å². The smallest absolute Gasteiger partial charge is 0.255 e. The number of rotatable bonds is 6. The lowest BCUT2D eigenvalue weighted by Crippen LogP contribution is -2.37. The first-order valence-corrected chi connectivity index (χ1v) is 7.98. The Morgan fingerprint density at radius 3 is 2.55 bits per heavy atom. The van der Waals surface area contributed by atoms with Crippen molar-refractivity contribution in [2.45, 2.75) is 32.5 Å². The summed E-state index contributed by atoms with van der Waals surface area (Å²) in [6.45, 7) is 3.71. The van der Waals surface area contributed by atoms with E-state index in [1.165, 1.54) is 5.56 Å². The Bertz CT molecular complexity index is 639. The van der Waals surface area contributed by atoms with Gasteiger partial charge in [0, 0.05) is 24.2 Å². The lowest BCUT2D eigenvalue weighted by molar-refractivity contribution is 0.0690. The molecule has 2 aromatic carbocycles. The largest absolute Gasteiger partial charge is 0.319 e. The van der Waals surface area contributed by atoms with Gasteiger partial charge in [-0.1, -0.05) is 61.9 Å². The number of nitrogens with zero attached hydrogens (tertiary/aromatic N) is 1. The molecule has 3 rings (SSSR count). The summed E-state index contributed by atoms with van der Waals surface area (Å²) in [6, 6.07) is 18.2. The van der Waals surface area contributed by atoms with Crippen molar-refractivity contribution in [2.75, 3.05) is 6.54 Å². The molecule has 3 nitrogen and oxygen atoms in total. The Labute approximate surface area is 132 Å². The topological polar surface area (TPSA) is 32.3 Å². The van der Waals surface area contributed by atoms with E-state index < -0.39 is 0 Å². The molecule has 0 saturated heterocycles. The molecule has 0 unspecified atom stereocenters. The minimum Gasteiger partial charge on any atom is -0.319 e. The molecule has 0 spiro atoms. The predicted molar refractivity (Wildman–Crippen MR) is 88.4 cm³/mol. The van der Waals surface area contributed by atoms with Gasteiger partial charge in [-0.05, 0) is 18.1 Å². The quantitative estimate of drug-likeness (QED) is 0.880. The SMILES string of the molecule is CCCCN1C(=O)c2ccccc2[C@@H]1NCc1ccccc1. The average molecular weight is 294 g/mol. The van der Waals surface area contributed by atoms with E-state index in [0.717, 1.165) is 37.1 Å². The van der Waals surface area contributed by atoms with Crippen molar-refractivity contribution >= 4 is 5.91 Å². The van der Waals surface area contributed by atoms with Gasteiger partial charge < -0.3 is 4.90 Å². The van der Waals surface area contributed by atoms with Gasteiger partial charge in [0.2, 0.25) is 0 Å². The number of amides is 1. The lowest BCUT2D eigenvalue weighted by Gasteiger charge is -2.26. The van der Waals surface area contributed by atoms with Gasteiger partial charge in [0.05, 0.1) is 0 Å². The van der Waals surface area contributed by atoms with Crippen LogP contribution < -0.4 is 5.32 Å². The number of unbranched alkanes of at least 4 members (excludes halogenated alkanes) is 1. The highest BCUT2D eigenvalue weighted by atomic mass is 16.2. The third-order valence-corrected chi connectivity index (χ3v) is 4.15. The van der Waals surface area contributed by atoms with Crippen molar-refractivity contribution in [3.63, 3.8) is 0 Å². The van der Waals surface area contributed by atoms with Gasteiger partial charge >= 0.3 is 0 Å². The highest BCUT2D eigenvalue weighted by molar-refractivity contribution is 5.99. The van der Waals surface area contributed by atoms with Crippen molar-refractivity contribution < 1.29 is 4.79 Å². The summed E-state index contributed by atoms with van der Waals surface area (Å²) in [4.78, 5) is 14.6. The number of benzene rings is 2. The molecule has 1 amide bonds. The van der Waals surface area contributed by atoms with E-state index in [1.54, 1.807) is 0 Å². The summed E-state index contributed by atoms with van der Waals surface area (Å²) in [5.41, 5.74) is 3.17. The molecule has 0 radical (unpaired) electrons. The normalized spacial score (nSPS) is 16.9. The van der Waals surface area contributed by atoms with Gasteiger partial charge in [-0.2, -0.15) is 0 Å². The first-order chi connectivity index (χ1) is 10.8. The minimum absolute atomic E-state index is 0.0181. The molecule has 1 atom stereocenters. The van der Waals surface area contributed by atoms with Gasteiger partial charge in [-0.25, -0.2) is 0 Å². The van der Waals surface area contributed by atoms with E-state index in [2.05, 4.69) is 30.4 Å². The minimum atomic E-state index is -0.0181. The fourth-order valence-electron chi connectivity index (χ4n) is 2.96. The summed E-state index contributed by atoms with van der Waals surface area (Å²) in [7, 11) is 0. The number of fused-ring (bicyclic) bond motifs is 1. The van der Waals surface area contributed by atoms with E-state index in [-0.39, 0.29) is 12.1 Å². The van der Waals surface area contributed by atoms with Crippen molar-refractivity contribution in [1.29, 1.82) is 0 Å². The third kappa shape index (κ3) is 2.90. The molecule has 1 N–H and O–H groups in total. The van der Waals surface area contributed by atoms with E-state index in [0.29, 0.717) is 0 Å². The first-order valence-electron chi connectivity index (χ1n) is 7.98. The van der Waals surface area contributed by atoms with Gasteiger partial charge in [-0.15, -0.1) is 0 Å². The van der Waals surface area contributed by atoms with Crippen LogP contribution in [0.4, 0.5) is 0 Å². The molecular weight excluding hydrogens is 272 g/mol. The molecule has 0 aliphatic carbocycles. The van der Waals surface area contributed by atoms with Gasteiger partial charge in [0.15, 0.2) is 0 Å². The molecule has 1 aliphatic rings. The van der Waals surface area contributed by atoms with Crippen molar-refractivity contribution in [3.8, 4) is 0 Å². The molecule has 3 heteroatoms. The van der Waals surface area contributed by atoms with Crippen LogP contribution in [0.5, 0.6) is 0 Å². The Morgan fingerprint density at radius 1 is 1.05 bits per heavy atom. The average Bonchev–Trinajstić information content (AvgIpc) is 2.84. The summed E-state index contributed by atoms with van der Waals surface area (Å²) < 4.78 is 0. The van der Waals surface area contributed by atoms with E-state index in [9.17, 15) is 4.79 Å². The highest BCUT2D eigenvalue weighted by Crippen LogP contribution is 2.32. The van der Waals surface area contributed by atoms with Crippen LogP contribution in [0.15, 0.2) is 54.6 Å². The Hall–Kier alpha value is -2.13. The molecule has 1 heterocycles. The predicted octanol–water partition coefficient (Wildman–Crippen LogP) is 3.73. The number of hydrogen-bond acceptors (Lipinski definition) is 2. The Balaban J connectivity index is 1.80. The van der Waals surface area contributed by atoms with Gasteiger partial charge in [0.1, 0.15) is 6.17 Å². The van der Waals surface area contributed by atoms with Crippen LogP contribution in [0.3, 0.4) is 0 Å². The van der Waals surface area contributed by atoms with Crippen molar-refractivity contribution in [2.24, 2.45) is 0 Å². The standard InChI is InChI=1S/C19H22N2O/c1-2-3-13-21-18(20-14-15-9-5-4-6-10-15)16-11-7-8-12-17(16)19(21)22/h4-12,18,20H,2-3,13-14H2,1H3/t18-/m1/s1. The molecule has 114 valence electrons. The maximum absolute atomic E-state index is 12.6. The van der Waals surface area contributed by atoms with E-state index in [4.69, 9.17) is 0 Å². The zero-order valence-electron chi connectivity index (χ0n) is 13.0. The zero-order chi connectivity index (χ0) is 15.4. The monoisotopic (exact) mass is 294 g/mol. The summed E-state index contributed by atoms with van der Waals surface area (Å²) >= 11 is 0. The summed E-state index contributed by atoms with van der Waals surface area (Å²) in [6.07, 6.45) is 2.10. The maximum atomic E-state index is 12.6. The zero-order valence-corrected chi connectivity index (χ0v) is 13.0. The van der Waals surface area contributed by atoms with Crippen LogP contribution in [0.2, 0.25) is 0 Å². The second kappa shape index (κ2) is 6.75. The molecule has 22 heavy (non-hydrogen) atoms. The van der Waals surface area contributed by atoms with Gasteiger partial charge in [0.25, 0.3) is 5.91 Å². The lowest BCUT2D eigenvalue weighted by atomic mass is 10.1. The molecule has 1 aliphatic heterocycles. The van der Waals surface area contributed by atoms with Crippen LogP contribution in [-0.4, -0.2) is 17.4 Å². The van der Waals surface area contributed by atoms with Crippen LogP contribution in [0.25, 0.3) is 0 Å². The highest BCUT2D eigenvalue weighted by Gasteiger charge is 2.35.